The highest BCUT2D eigenvalue weighted by Gasteiger charge is 2.56. The van der Waals surface area contributed by atoms with Crippen LogP contribution in [-0.2, 0) is 9.53 Å². The van der Waals surface area contributed by atoms with Crippen LogP contribution in [0.15, 0.2) is 18.5 Å². The molecule has 2 fully saturated rings. The van der Waals surface area contributed by atoms with Crippen LogP contribution in [0.3, 0.4) is 0 Å². The number of nitrogens with zero attached hydrogens (tertiary/aromatic N) is 1. The minimum Gasteiger partial charge on any atom is -0.488 e. The molecule has 1 atom stereocenters. The van der Waals surface area contributed by atoms with Crippen molar-refractivity contribution in [1.82, 2.24) is 10.3 Å². The first-order valence-electron chi connectivity index (χ1n) is 7.63. The molecule has 0 aromatic carbocycles. The molecule has 1 aromatic heterocycles. The molecule has 2 heterocycles. The van der Waals surface area contributed by atoms with E-state index in [0.29, 0.717) is 11.4 Å². The highest BCUT2D eigenvalue weighted by Crippen LogP contribution is 2.45. The summed E-state index contributed by atoms with van der Waals surface area (Å²) in [5.41, 5.74) is 5.97. The van der Waals surface area contributed by atoms with Crippen molar-refractivity contribution in [1.29, 1.82) is 0 Å². The molecule has 120 valence electrons. The standard InChI is InChI=1S/C16H23N3O3/c1-15(2,3)22-14(20)12-8-16(19-12)6-10(7-16)21-13-4-5-18-9-11(13)17/h4-5,9-10,12,19H,6-8,17H2,1-3H3. The molecule has 1 saturated carbocycles. The van der Waals surface area contributed by atoms with E-state index < -0.39 is 5.60 Å². The third-order valence-electron chi connectivity index (χ3n) is 4.11. The lowest BCUT2D eigenvalue weighted by molar-refractivity contribution is -0.166. The molecule has 2 aliphatic rings. The zero-order valence-corrected chi connectivity index (χ0v) is 13.3. The first-order valence-corrected chi connectivity index (χ1v) is 7.63. The maximum absolute atomic E-state index is 11.9. The first kappa shape index (κ1) is 15.1. The molecule has 1 saturated heterocycles. The summed E-state index contributed by atoms with van der Waals surface area (Å²) >= 11 is 0. The summed E-state index contributed by atoms with van der Waals surface area (Å²) < 4.78 is 11.3. The Hall–Kier alpha value is -1.82. The smallest absolute Gasteiger partial charge is 0.323 e. The number of aromatic nitrogens is 1. The van der Waals surface area contributed by atoms with Crippen molar-refractivity contribution in [3.63, 3.8) is 0 Å². The lowest BCUT2D eigenvalue weighted by Gasteiger charge is -2.57. The number of ether oxygens (including phenoxy) is 2. The van der Waals surface area contributed by atoms with Crippen molar-refractivity contribution >= 4 is 11.7 Å². The Balaban J connectivity index is 1.45. The lowest BCUT2D eigenvalue weighted by atomic mass is 9.65. The maximum Gasteiger partial charge on any atom is 0.323 e. The van der Waals surface area contributed by atoms with Gasteiger partial charge in [-0.2, -0.15) is 0 Å². The second kappa shape index (κ2) is 5.12. The Morgan fingerprint density at radius 3 is 2.68 bits per heavy atom. The molecule has 0 bridgehead atoms. The highest BCUT2D eigenvalue weighted by molar-refractivity contribution is 5.78. The van der Waals surface area contributed by atoms with Gasteiger partial charge in [0.2, 0.25) is 0 Å². The summed E-state index contributed by atoms with van der Waals surface area (Å²) in [6.07, 6.45) is 5.97. The van der Waals surface area contributed by atoms with E-state index in [9.17, 15) is 4.79 Å². The number of anilines is 1. The van der Waals surface area contributed by atoms with Gasteiger partial charge in [0.25, 0.3) is 0 Å². The van der Waals surface area contributed by atoms with Gasteiger partial charge < -0.3 is 15.2 Å². The maximum atomic E-state index is 11.9. The van der Waals surface area contributed by atoms with Gasteiger partial charge in [0, 0.05) is 30.6 Å². The molecular formula is C16H23N3O3. The van der Waals surface area contributed by atoms with E-state index in [1.54, 1.807) is 18.5 Å². The predicted octanol–water partition coefficient (Wildman–Crippen LogP) is 1.65. The molecule has 3 rings (SSSR count). The number of hydrogen-bond acceptors (Lipinski definition) is 6. The van der Waals surface area contributed by atoms with E-state index in [1.165, 1.54) is 0 Å². The minimum atomic E-state index is -0.439. The molecule has 1 aromatic rings. The average Bonchev–Trinajstić information content (AvgIpc) is 2.30. The number of nitrogens with two attached hydrogens (primary N) is 1. The van der Waals surface area contributed by atoms with E-state index in [4.69, 9.17) is 15.2 Å². The number of nitrogens with one attached hydrogen (secondary N) is 1. The summed E-state index contributed by atoms with van der Waals surface area (Å²) in [5, 5.41) is 3.35. The number of esters is 1. The van der Waals surface area contributed by atoms with Crippen molar-refractivity contribution < 1.29 is 14.3 Å². The second-order valence-electron chi connectivity index (χ2n) is 7.28. The van der Waals surface area contributed by atoms with E-state index in [1.807, 2.05) is 20.8 Å². The van der Waals surface area contributed by atoms with Gasteiger partial charge in [0.15, 0.2) is 0 Å². The Labute approximate surface area is 130 Å². The number of rotatable bonds is 3. The average molecular weight is 305 g/mol. The summed E-state index contributed by atoms with van der Waals surface area (Å²) in [6.45, 7) is 5.64. The zero-order chi connectivity index (χ0) is 16.0. The molecule has 1 spiro atoms. The van der Waals surface area contributed by atoms with Gasteiger partial charge in [-0.1, -0.05) is 0 Å². The van der Waals surface area contributed by atoms with Gasteiger partial charge in [-0.3, -0.25) is 15.1 Å². The van der Waals surface area contributed by atoms with Crippen LogP contribution in [0.4, 0.5) is 5.69 Å². The van der Waals surface area contributed by atoms with Gasteiger partial charge >= 0.3 is 5.97 Å². The molecule has 6 heteroatoms. The van der Waals surface area contributed by atoms with Crippen LogP contribution in [0.1, 0.15) is 40.0 Å². The molecule has 0 radical (unpaired) electrons. The number of pyridine rings is 1. The van der Waals surface area contributed by atoms with Crippen LogP contribution in [0.2, 0.25) is 0 Å². The van der Waals surface area contributed by atoms with Crippen LogP contribution in [0, 0.1) is 0 Å². The predicted molar refractivity (Wildman–Crippen MR) is 82.4 cm³/mol. The van der Waals surface area contributed by atoms with Crippen molar-refractivity contribution in [2.24, 2.45) is 0 Å². The quantitative estimate of drug-likeness (QED) is 0.826. The summed E-state index contributed by atoms with van der Waals surface area (Å²) in [4.78, 5) is 15.9. The SMILES string of the molecule is CC(C)(C)OC(=O)C1CC2(CC(Oc3ccncc3N)C2)N1. The van der Waals surface area contributed by atoms with Gasteiger partial charge in [0.05, 0.1) is 11.9 Å². The Morgan fingerprint density at radius 2 is 2.09 bits per heavy atom. The number of nitrogen functional groups attached to an aromatic ring is 1. The fourth-order valence-corrected chi connectivity index (χ4v) is 3.11. The summed E-state index contributed by atoms with van der Waals surface area (Å²) in [7, 11) is 0. The van der Waals surface area contributed by atoms with Gasteiger partial charge in [0.1, 0.15) is 23.5 Å². The van der Waals surface area contributed by atoms with Gasteiger partial charge in [-0.05, 0) is 27.2 Å². The molecule has 22 heavy (non-hydrogen) atoms. The number of carbonyl (C=O) groups is 1. The van der Waals surface area contributed by atoms with E-state index >= 15 is 0 Å². The number of hydrogen-bond donors (Lipinski definition) is 2. The van der Waals surface area contributed by atoms with Crippen molar-refractivity contribution in [2.75, 3.05) is 5.73 Å². The molecule has 1 unspecified atom stereocenters. The topological polar surface area (TPSA) is 86.5 Å². The summed E-state index contributed by atoms with van der Waals surface area (Å²) in [6, 6.07) is 1.59. The normalized spacial score (nSPS) is 30.3. The van der Waals surface area contributed by atoms with E-state index in [2.05, 4.69) is 10.3 Å². The third-order valence-corrected chi connectivity index (χ3v) is 4.11. The fraction of sp³-hybridized carbons (Fsp3) is 0.625. The molecule has 1 aliphatic carbocycles. The Morgan fingerprint density at radius 1 is 1.41 bits per heavy atom. The number of carbonyl (C=O) groups excluding carboxylic acids is 1. The zero-order valence-electron chi connectivity index (χ0n) is 13.3. The van der Waals surface area contributed by atoms with Gasteiger partial charge in [-0.25, -0.2) is 0 Å². The minimum absolute atomic E-state index is 0.0357. The monoisotopic (exact) mass is 305 g/mol. The third kappa shape index (κ3) is 3.02. The van der Waals surface area contributed by atoms with E-state index in [0.717, 1.165) is 19.3 Å². The molecule has 3 N–H and O–H groups in total. The van der Waals surface area contributed by atoms with Crippen LogP contribution < -0.4 is 15.8 Å². The van der Waals surface area contributed by atoms with Crippen LogP contribution in [0.5, 0.6) is 5.75 Å². The molecule has 6 nitrogen and oxygen atoms in total. The Bertz CT molecular complexity index is 568. The lowest BCUT2D eigenvalue weighted by Crippen LogP contribution is -2.73. The van der Waals surface area contributed by atoms with Crippen LogP contribution in [0.25, 0.3) is 0 Å². The van der Waals surface area contributed by atoms with Crippen molar-refractivity contribution in [3.8, 4) is 5.75 Å². The highest BCUT2D eigenvalue weighted by atomic mass is 16.6. The van der Waals surface area contributed by atoms with Crippen LogP contribution >= 0.6 is 0 Å². The first-order chi connectivity index (χ1) is 10.3. The largest absolute Gasteiger partial charge is 0.488 e. The van der Waals surface area contributed by atoms with Crippen LogP contribution in [-0.4, -0.2) is 34.2 Å². The Kier molecular flexibility index (Phi) is 3.51. The molecular weight excluding hydrogens is 282 g/mol. The fourth-order valence-electron chi connectivity index (χ4n) is 3.11. The molecule has 1 aliphatic heterocycles. The molecule has 0 amide bonds. The summed E-state index contributed by atoms with van der Waals surface area (Å²) in [5.74, 6) is 0.513. The van der Waals surface area contributed by atoms with Crippen molar-refractivity contribution in [2.45, 2.75) is 63.3 Å². The van der Waals surface area contributed by atoms with Crippen molar-refractivity contribution in [3.05, 3.63) is 18.5 Å². The second-order valence-corrected chi connectivity index (χ2v) is 7.28. The van der Waals surface area contributed by atoms with E-state index in [-0.39, 0.29) is 23.7 Å². The van der Waals surface area contributed by atoms with Gasteiger partial charge in [-0.15, -0.1) is 0 Å².